The number of phenols is 1. The zero-order chi connectivity index (χ0) is 27.7. The Morgan fingerprint density at radius 2 is 1.76 bits per heavy atom. The standard InChI is InChI=1S/C27H26ClN5O5/c1-3-32(4-2)20-11-9-18(10-12-20)15-24(30-26(35)22-7-5-6-8-23(22)28)27(36)31-29-17-19-16-21(34)13-14-25(19)33(37)38/h5-17,34H,3-4H2,1-2H3,(H,30,35)(H,31,36)/b24-15+,29-17+. The van der Waals surface area contributed by atoms with Gasteiger partial charge in [0.15, 0.2) is 0 Å². The third kappa shape index (κ3) is 7.17. The molecule has 0 unspecified atom stereocenters. The second-order valence-corrected chi connectivity index (χ2v) is 8.36. The lowest BCUT2D eigenvalue weighted by atomic mass is 10.1. The number of halogens is 1. The van der Waals surface area contributed by atoms with Gasteiger partial charge in [-0.2, -0.15) is 5.10 Å². The number of phenolic OH excluding ortho intramolecular Hbond substituents is 1. The Hall–Kier alpha value is -4.70. The minimum absolute atomic E-state index is 0.0204. The predicted molar refractivity (Wildman–Crippen MR) is 147 cm³/mol. The lowest BCUT2D eigenvalue weighted by Crippen LogP contribution is -2.33. The van der Waals surface area contributed by atoms with Gasteiger partial charge in [0.1, 0.15) is 11.4 Å². The summed E-state index contributed by atoms with van der Waals surface area (Å²) in [6.45, 7) is 5.77. The molecule has 3 N–H and O–H groups in total. The average molecular weight is 536 g/mol. The molecule has 2 amide bonds. The van der Waals surface area contributed by atoms with Crippen molar-refractivity contribution in [3.8, 4) is 5.75 Å². The van der Waals surface area contributed by atoms with E-state index in [0.29, 0.717) is 5.56 Å². The fourth-order valence-corrected chi connectivity index (χ4v) is 3.78. The number of rotatable bonds is 10. The van der Waals surface area contributed by atoms with Gasteiger partial charge in [0.2, 0.25) is 0 Å². The van der Waals surface area contributed by atoms with E-state index < -0.39 is 16.7 Å². The Morgan fingerprint density at radius 3 is 2.39 bits per heavy atom. The van der Waals surface area contributed by atoms with Gasteiger partial charge in [0.05, 0.1) is 27.3 Å². The highest BCUT2D eigenvalue weighted by Crippen LogP contribution is 2.22. The number of carbonyl (C=O) groups is 2. The number of hydrazone groups is 1. The van der Waals surface area contributed by atoms with Crippen molar-refractivity contribution >= 4 is 47.1 Å². The number of nitrogens with one attached hydrogen (secondary N) is 2. The fraction of sp³-hybridized carbons (Fsp3) is 0.148. The molecule has 0 aliphatic carbocycles. The number of benzene rings is 3. The van der Waals surface area contributed by atoms with Crippen molar-refractivity contribution in [3.05, 3.63) is 104 Å². The van der Waals surface area contributed by atoms with Crippen LogP contribution in [0.2, 0.25) is 5.02 Å². The predicted octanol–water partition coefficient (Wildman–Crippen LogP) is 4.72. The number of hydrogen-bond acceptors (Lipinski definition) is 7. The molecule has 11 heteroatoms. The first-order chi connectivity index (χ1) is 18.2. The maximum atomic E-state index is 13.0. The minimum Gasteiger partial charge on any atom is -0.508 e. The Labute approximate surface area is 224 Å². The van der Waals surface area contributed by atoms with E-state index in [9.17, 15) is 24.8 Å². The molecule has 10 nitrogen and oxygen atoms in total. The van der Waals surface area contributed by atoms with Gasteiger partial charge in [-0.3, -0.25) is 19.7 Å². The quantitative estimate of drug-likeness (QED) is 0.149. The molecule has 0 atom stereocenters. The third-order valence-electron chi connectivity index (χ3n) is 5.52. The van der Waals surface area contributed by atoms with Crippen LogP contribution in [-0.4, -0.2) is 41.1 Å². The highest BCUT2D eigenvalue weighted by Gasteiger charge is 2.17. The molecule has 38 heavy (non-hydrogen) atoms. The molecule has 0 saturated heterocycles. The van der Waals surface area contributed by atoms with Crippen LogP contribution in [0, 0.1) is 10.1 Å². The number of aromatic hydroxyl groups is 1. The summed E-state index contributed by atoms with van der Waals surface area (Å²) >= 11 is 6.14. The first kappa shape index (κ1) is 27.9. The largest absolute Gasteiger partial charge is 0.508 e. The number of nitro benzene ring substituents is 1. The molecule has 3 aromatic rings. The van der Waals surface area contributed by atoms with Crippen LogP contribution >= 0.6 is 11.6 Å². The first-order valence-corrected chi connectivity index (χ1v) is 12.0. The van der Waals surface area contributed by atoms with Crippen molar-refractivity contribution in [2.75, 3.05) is 18.0 Å². The van der Waals surface area contributed by atoms with Crippen LogP contribution < -0.4 is 15.6 Å². The van der Waals surface area contributed by atoms with Gasteiger partial charge in [0.25, 0.3) is 17.5 Å². The van der Waals surface area contributed by atoms with Gasteiger partial charge in [-0.1, -0.05) is 35.9 Å². The number of amides is 2. The highest BCUT2D eigenvalue weighted by atomic mass is 35.5. The molecular weight excluding hydrogens is 510 g/mol. The molecule has 3 rings (SSSR count). The van der Waals surface area contributed by atoms with Gasteiger partial charge in [-0.15, -0.1) is 0 Å². The van der Waals surface area contributed by atoms with Gasteiger partial charge >= 0.3 is 0 Å². The number of anilines is 1. The van der Waals surface area contributed by atoms with E-state index in [4.69, 9.17) is 11.6 Å². The van der Waals surface area contributed by atoms with Crippen molar-refractivity contribution < 1.29 is 19.6 Å². The Morgan fingerprint density at radius 1 is 1.08 bits per heavy atom. The Balaban J connectivity index is 1.89. The second kappa shape index (κ2) is 13.0. The maximum Gasteiger partial charge on any atom is 0.287 e. The average Bonchev–Trinajstić information content (AvgIpc) is 2.90. The number of hydrogen-bond donors (Lipinski definition) is 3. The molecule has 0 radical (unpaired) electrons. The molecule has 196 valence electrons. The smallest absolute Gasteiger partial charge is 0.287 e. The minimum atomic E-state index is -0.780. The third-order valence-corrected chi connectivity index (χ3v) is 5.85. The second-order valence-electron chi connectivity index (χ2n) is 7.96. The van der Waals surface area contributed by atoms with Crippen LogP contribution in [-0.2, 0) is 4.79 Å². The van der Waals surface area contributed by atoms with Crippen LogP contribution in [0.3, 0.4) is 0 Å². The molecule has 0 heterocycles. The van der Waals surface area contributed by atoms with E-state index in [-0.39, 0.29) is 33.3 Å². The number of nitro groups is 1. The molecule has 0 aliphatic heterocycles. The SMILES string of the molecule is CCN(CC)c1ccc(/C=C(/NC(=O)c2ccccc2Cl)C(=O)N/N=C/c2cc(O)ccc2[N+](=O)[O-])cc1. The summed E-state index contributed by atoms with van der Waals surface area (Å²) in [5.74, 6) is -1.59. The van der Waals surface area contributed by atoms with Crippen molar-refractivity contribution in [1.29, 1.82) is 0 Å². The molecule has 0 bridgehead atoms. The molecule has 0 aromatic heterocycles. The summed E-state index contributed by atoms with van der Waals surface area (Å²) in [5, 5.41) is 27.4. The summed E-state index contributed by atoms with van der Waals surface area (Å²) in [5.41, 5.74) is 3.62. The van der Waals surface area contributed by atoms with Crippen LogP contribution in [0.1, 0.15) is 35.3 Å². The lowest BCUT2D eigenvalue weighted by molar-refractivity contribution is -0.385. The molecular formula is C27H26ClN5O5. The van der Waals surface area contributed by atoms with Crippen LogP contribution in [0.15, 0.2) is 77.5 Å². The zero-order valence-corrected chi connectivity index (χ0v) is 21.5. The molecule has 0 fully saturated rings. The van der Waals surface area contributed by atoms with Crippen LogP contribution in [0.5, 0.6) is 5.75 Å². The Kier molecular flexibility index (Phi) is 9.55. The normalized spacial score (nSPS) is 11.3. The summed E-state index contributed by atoms with van der Waals surface area (Å²) in [7, 11) is 0. The molecule has 0 saturated carbocycles. The van der Waals surface area contributed by atoms with E-state index in [2.05, 4.69) is 34.6 Å². The molecule has 0 aliphatic rings. The highest BCUT2D eigenvalue weighted by molar-refractivity contribution is 6.34. The maximum absolute atomic E-state index is 13.0. The van der Waals surface area contributed by atoms with Crippen LogP contribution in [0.25, 0.3) is 6.08 Å². The van der Waals surface area contributed by atoms with E-state index in [1.54, 1.807) is 18.2 Å². The monoisotopic (exact) mass is 535 g/mol. The Bertz CT molecular complexity index is 1380. The van der Waals surface area contributed by atoms with Crippen molar-refractivity contribution in [3.63, 3.8) is 0 Å². The van der Waals surface area contributed by atoms with E-state index in [1.165, 1.54) is 18.2 Å². The van der Waals surface area contributed by atoms with Crippen molar-refractivity contribution in [2.45, 2.75) is 13.8 Å². The summed E-state index contributed by atoms with van der Waals surface area (Å²) in [6.07, 6.45) is 2.50. The van der Waals surface area contributed by atoms with E-state index in [1.807, 2.05) is 24.3 Å². The first-order valence-electron chi connectivity index (χ1n) is 11.7. The van der Waals surface area contributed by atoms with Crippen LogP contribution in [0.4, 0.5) is 11.4 Å². The summed E-state index contributed by atoms with van der Waals surface area (Å²) in [4.78, 5) is 38.6. The van der Waals surface area contributed by atoms with E-state index >= 15 is 0 Å². The summed E-state index contributed by atoms with van der Waals surface area (Å²) in [6, 6.07) is 17.2. The zero-order valence-electron chi connectivity index (χ0n) is 20.7. The van der Waals surface area contributed by atoms with Gasteiger partial charge in [-0.25, -0.2) is 5.43 Å². The van der Waals surface area contributed by atoms with Crippen molar-refractivity contribution in [1.82, 2.24) is 10.7 Å². The number of nitrogens with zero attached hydrogens (tertiary/aromatic N) is 3. The fourth-order valence-electron chi connectivity index (χ4n) is 3.56. The van der Waals surface area contributed by atoms with Gasteiger partial charge < -0.3 is 15.3 Å². The van der Waals surface area contributed by atoms with Gasteiger partial charge in [-0.05, 0) is 61.9 Å². The lowest BCUT2D eigenvalue weighted by Gasteiger charge is -2.21. The summed E-state index contributed by atoms with van der Waals surface area (Å²) < 4.78 is 0. The molecule has 0 spiro atoms. The molecule has 3 aromatic carbocycles. The topological polar surface area (TPSA) is 137 Å². The van der Waals surface area contributed by atoms with Crippen molar-refractivity contribution in [2.24, 2.45) is 5.10 Å². The van der Waals surface area contributed by atoms with E-state index in [0.717, 1.165) is 37.1 Å². The van der Waals surface area contributed by atoms with Gasteiger partial charge in [0, 0.05) is 24.8 Å². The number of carbonyl (C=O) groups excluding carboxylic acids is 2.